The van der Waals surface area contributed by atoms with Gasteiger partial charge in [-0.2, -0.15) is 5.26 Å². The van der Waals surface area contributed by atoms with Gasteiger partial charge in [0.1, 0.15) is 29.8 Å². The van der Waals surface area contributed by atoms with E-state index >= 15 is 0 Å². The third-order valence-electron chi connectivity index (χ3n) is 5.00. The van der Waals surface area contributed by atoms with E-state index in [9.17, 15) is 14.4 Å². The first-order chi connectivity index (χ1) is 16.0. The van der Waals surface area contributed by atoms with Crippen LogP contribution >= 0.6 is 15.9 Å². The van der Waals surface area contributed by atoms with Crippen molar-refractivity contribution in [3.63, 3.8) is 0 Å². The highest BCUT2D eigenvalue weighted by molar-refractivity contribution is 9.10. The second-order valence-corrected chi connectivity index (χ2v) is 8.16. The minimum Gasteiger partial charge on any atom is -0.488 e. The first-order valence-electron chi connectivity index (χ1n) is 10.1. The van der Waals surface area contributed by atoms with Crippen molar-refractivity contribution in [3.8, 4) is 11.8 Å². The van der Waals surface area contributed by atoms with Crippen molar-refractivity contribution in [2.24, 2.45) is 0 Å². The molecule has 4 rings (SSSR count). The number of amides is 1. The smallest absolute Gasteiger partial charge is 0.266 e. The van der Waals surface area contributed by atoms with Crippen LogP contribution in [0.1, 0.15) is 11.1 Å². The van der Waals surface area contributed by atoms with Crippen LogP contribution in [-0.2, 0) is 11.4 Å². The second kappa shape index (κ2) is 10.1. The van der Waals surface area contributed by atoms with Gasteiger partial charge in [-0.3, -0.25) is 4.79 Å². The molecule has 0 fully saturated rings. The van der Waals surface area contributed by atoms with Gasteiger partial charge in [0.15, 0.2) is 0 Å². The molecule has 1 amide bonds. The van der Waals surface area contributed by atoms with Crippen LogP contribution in [0.5, 0.6) is 5.75 Å². The molecule has 4 aromatic rings. The number of carbonyl (C=O) groups excluding carboxylic acids is 1. The first kappa shape index (κ1) is 22.3. The molecule has 4 aromatic carbocycles. The standard InChI is InChI=1S/C27H18BrFN2O2/c28-22-8-13-26(33-17-19-6-3-5-18-4-1-2-7-25(18)19)20(15-22)14-21(16-30)27(32)31-24-11-9-23(29)10-12-24/h1-15H,17H2,(H,31,32)/b21-14+. The van der Waals surface area contributed by atoms with Gasteiger partial charge >= 0.3 is 0 Å². The number of nitriles is 1. The van der Waals surface area contributed by atoms with E-state index in [1.54, 1.807) is 12.1 Å². The Labute approximate surface area is 199 Å². The van der Waals surface area contributed by atoms with Crippen molar-refractivity contribution in [3.05, 3.63) is 112 Å². The summed E-state index contributed by atoms with van der Waals surface area (Å²) in [6.07, 6.45) is 1.47. The molecule has 162 valence electrons. The molecular weight excluding hydrogens is 483 g/mol. The lowest BCUT2D eigenvalue weighted by atomic mass is 10.1. The summed E-state index contributed by atoms with van der Waals surface area (Å²) in [5.41, 5.74) is 1.90. The fraction of sp³-hybridized carbons (Fsp3) is 0.0370. The molecule has 0 aliphatic heterocycles. The van der Waals surface area contributed by atoms with E-state index in [0.29, 0.717) is 23.6 Å². The minimum absolute atomic E-state index is 0.104. The Morgan fingerprint density at radius 3 is 2.58 bits per heavy atom. The normalized spacial score (nSPS) is 11.1. The van der Waals surface area contributed by atoms with E-state index < -0.39 is 11.7 Å². The number of halogens is 2. The monoisotopic (exact) mass is 500 g/mol. The van der Waals surface area contributed by atoms with Gasteiger partial charge in [0.2, 0.25) is 0 Å². The quantitative estimate of drug-likeness (QED) is 0.232. The van der Waals surface area contributed by atoms with Gasteiger partial charge in [-0.1, -0.05) is 58.4 Å². The van der Waals surface area contributed by atoms with Gasteiger partial charge < -0.3 is 10.1 Å². The molecule has 0 aromatic heterocycles. The van der Waals surface area contributed by atoms with Crippen molar-refractivity contribution in [1.29, 1.82) is 5.26 Å². The Morgan fingerprint density at radius 2 is 1.79 bits per heavy atom. The van der Waals surface area contributed by atoms with Crippen LogP contribution in [0, 0.1) is 17.1 Å². The highest BCUT2D eigenvalue weighted by Crippen LogP contribution is 2.28. The molecule has 0 atom stereocenters. The maximum absolute atomic E-state index is 13.1. The molecule has 0 radical (unpaired) electrons. The fourth-order valence-corrected chi connectivity index (χ4v) is 3.75. The third-order valence-corrected chi connectivity index (χ3v) is 5.50. The highest BCUT2D eigenvalue weighted by atomic mass is 79.9. The van der Waals surface area contributed by atoms with Gasteiger partial charge in [0.25, 0.3) is 5.91 Å². The summed E-state index contributed by atoms with van der Waals surface area (Å²) in [5, 5.41) is 14.4. The van der Waals surface area contributed by atoms with Crippen molar-refractivity contribution in [2.45, 2.75) is 6.61 Å². The molecule has 0 heterocycles. The van der Waals surface area contributed by atoms with Crippen molar-refractivity contribution < 1.29 is 13.9 Å². The number of rotatable bonds is 6. The van der Waals surface area contributed by atoms with E-state index in [-0.39, 0.29) is 5.57 Å². The largest absolute Gasteiger partial charge is 0.488 e. The van der Waals surface area contributed by atoms with Crippen LogP contribution in [0.25, 0.3) is 16.8 Å². The fourth-order valence-electron chi connectivity index (χ4n) is 3.37. The molecule has 0 unspecified atom stereocenters. The average Bonchev–Trinajstić information content (AvgIpc) is 2.83. The van der Waals surface area contributed by atoms with Crippen LogP contribution in [0.2, 0.25) is 0 Å². The van der Waals surface area contributed by atoms with Crippen LogP contribution in [-0.4, -0.2) is 5.91 Å². The number of fused-ring (bicyclic) bond motifs is 1. The van der Waals surface area contributed by atoms with E-state index in [1.807, 2.05) is 54.6 Å². The number of nitrogens with one attached hydrogen (secondary N) is 1. The van der Waals surface area contributed by atoms with Crippen LogP contribution in [0.4, 0.5) is 10.1 Å². The summed E-state index contributed by atoms with van der Waals surface area (Å²) in [6.45, 7) is 0.327. The predicted molar refractivity (Wildman–Crippen MR) is 131 cm³/mol. The van der Waals surface area contributed by atoms with Gasteiger partial charge in [0.05, 0.1) is 0 Å². The van der Waals surface area contributed by atoms with E-state index in [4.69, 9.17) is 4.74 Å². The molecule has 0 saturated carbocycles. The molecule has 0 aliphatic rings. The van der Waals surface area contributed by atoms with Crippen LogP contribution < -0.4 is 10.1 Å². The number of nitrogens with zero attached hydrogens (tertiary/aromatic N) is 1. The Kier molecular flexibility index (Phi) is 6.82. The van der Waals surface area contributed by atoms with E-state index in [2.05, 4.69) is 21.2 Å². The Morgan fingerprint density at radius 1 is 1.03 bits per heavy atom. The minimum atomic E-state index is -0.593. The maximum atomic E-state index is 13.1. The zero-order valence-electron chi connectivity index (χ0n) is 17.4. The summed E-state index contributed by atoms with van der Waals surface area (Å²) >= 11 is 3.43. The molecule has 33 heavy (non-hydrogen) atoms. The zero-order chi connectivity index (χ0) is 23.2. The summed E-state index contributed by atoms with van der Waals surface area (Å²) in [7, 11) is 0. The molecule has 0 aliphatic carbocycles. The molecular formula is C27H18BrFN2O2. The lowest BCUT2D eigenvalue weighted by Gasteiger charge is -2.12. The summed E-state index contributed by atoms with van der Waals surface area (Å²) < 4.78 is 20.0. The topological polar surface area (TPSA) is 62.1 Å². The molecule has 0 bridgehead atoms. The summed E-state index contributed by atoms with van der Waals surface area (Å²) in [5.74, 6) is -0.469. The van der Waals surface area contributed by atoms with Gasteiger partial charge in [0, 0.05) is 15.7 Å². The second-order valence-electron chi connectivity index (χ2n) is 7.24. The van der Waals surface area contributed by atoms with Gasteiger partial charge in [-0.15, -0.1) is 0 Å². The molecule has 0 saturated heterocycles. The predicted octanol–water partition coefficient (Wildman–Crippen LogP) is 6.87. The summed E-state index contributed by atoms with van der Waals surface area (Å²) in [6, 6.07) is 26.8. The number of carbonyl (C=O) groups is 1. The number of ether oxygens (including phenoxy) is 1. The van der Waals surface area contributed by atoms with E-state index in [1.165, 1.54) is 30.3 Å². The molecule has 4 nitrogen and oxygen atoms in total. The number of hydrogen-bond acceptors (Lipinski definition) is 3. The number of benzene rings is 4. The lowest BCUT2D eigenvalue weighted by Crippen LogP contribution is -2.13. The van der Waals surface area contributed by atoms with Gasteiger partial charge in [-0.25, -0.2) is 4.39 Å². The number of hydrogen-bond donors (Lipinski definition) is 1. The van der Waals surface area contributed by atoms with Crippen LogP contribution in [0.15, 0.2) is 95.0 Å². The van der Waals surface area contributed by atoms with Crippen LogP contribution in [0.3, 0.4) is 0 Å². The highest BCUT2D eigenvalue weighted by Gasteiger charge is 2.13. The first-order valence-corrected chi connectivity index (χ1v) is 10.9. The zero-order valence-corrected chi connectivity index (χ0v) is 19.0. The Balaban J connectivity index is 1.59. The lowest BCUT2D eigenvalue weighted by molar-refractivity contribution is -0.112. The van der Waals surface area contributed by atoms with E-state index in [0.717, 1.165) is 20.8 Å². The average molecular weight is 501 g/mol. The molecule has 0 spiro atoms. The molecule has 6 heteroatoms. The Bertz CT molecular complexity index is 1390. The maximum Gasteiger partial charge on any atom is 0.266 e. The third kappa shape index (κ3) is 5.46. The Hall–Kier alpha value is -3.95. The van der Waals surface area contributed by atoms with Gasteiger partial charge in [-0.05, 0) is 64.9 Å². The number of anilines is 1. The van der Waals surface area contributed by atoms with Crippen molar-refractivity contribution in [2.75, 3.05) is 5.32 Å². The van der Waals surface area contributed by atoms with Crippen molar-refractivity contribution in [1.82, 2.24) is 0 Å². The van der Waals surface area contributed by atoms with Crippen molar-refractivity contribution >= 4 is 44.4 Å². The summed E-state index contributed by atoms with van der Waals surface area (Å²) in [4.78, 5) is 12.6. The SMILES string of the molecule is N#C/C(=C\c1cc(Br)ccc1OCc1cccc2ccccc12)C(=O)Nc1ccc(F)cc1. The molecule has 1 N–H and O–H groups in total.